The molecule has 0 saturated heterocycles. The number of primary amides is 1. The number of rotatable bonds is 8. The summed E-state index contributed by atoms with van der Waals surface area (Å²) in [6, 6.07) is 18.2. The number of hydrogen-bond donors (Lipinski definition) is 1. The zero-order chi connectivity index (χ0) is 24.9. The average molecular weight is 495 g/mol. The smallest absolute Gasteiger partial charge is 0.266 e. The second-order valence-corrected chi connectivity index (χ2v) is 8.48. The molecule has 0 fully saturated rings. The first-order chi connectivity index (χ1) is 16.8. The van der Waals surface area contributed by atoms with Gasteiger partial charge in [-0.3, -0.25) is 19.0 Å². The first-order valence-corrected chi connectivity index (χ1v) is 11.6. The third-order valence-corrected chi connectivity index (χ3v) is 6.09. The summed E-state index contributed by atoms with van der Waals surface area (Å²) in [6.45, 7) is 0.0727. The molecule has 4 rings (SSSR count). The number of fused-ring (bicyclic) bond motifs is 1. The molecule has 0 atom stereocenters. The molecule has 1 heterocycles. The molecule has 0 aliphatic rings. The Kier molecular flexibility index (Phi) is 7.21. The third kappa shape index (κ3) is 5.38. The maximum Gasteiger partial charge on any atom is 0.266 e. The zero-order valence-corrected chi connectivity index (χ0v) is 19.2. The van der Waals surface area contributed by atoms with Gasteiger partial charge in [-0.1, -0.05) is 42.1 Å². The lowest BCUT2D eigenvalue weighted by Gasteiger charge is -2.22. The van der Waals surface area contributed by atoms with Crippen molar-refractivity contribution in [2.75, 3.05) is 17.2 Å². The Hall–Kier alpha value is -4.05. The van der Waals surface area contributed by atoms with Crippen molar-refractivity contribution < 1.29 is 18.4 Å². The number of benzene rings is 3. The van der Waals surface area contributed by atoms with Gasteiger partial charge in [0.05, 0.1) is 22.3 Å². The number of carbonyl (C=O) groups is 2. The Morgan fingerprint density at radius 3 is 2.43 bits per heavy atom. The number of anilines is 1. The van der Waals surface area contributed by atoms with Crippen molar-refractivity contribution in [2.24, 2.45) is 5.73 Å². The van der Waals surface area contributed by atoms with Gasteiger partial charge in [0, 0.05) is 24.7 Å². The van der Waals surface area contributed by atoms with Gasteiger partial charge in [-0.15, -0.1) is 0 Å². The van der Waals surface area contributed by atoms with Gasteiger partial charge < -0.3 is 10.6 Å². The maximum absolute atomic E-state index is 14.7. The highest BCUT2D eigenvalue weighted by atomic mass is 32.2. The Bertz CT molecular complexity index is 1460. The van der Waals surface area contributed by atoms with Crippen molar-refractivity contribution in [3.05, 3.63) is 94.8 Å². The van der Waals surface area contributed by atoms with Crippen molar-refractivity contribution in [1.29, 1.82) is 0 Å². The summed E-state index contributed by atoms with van der Waals surface area (Å²) in [5.74, 6) is -2.81. The molecule has 0 saturated carbocycles. The van der Waals surface area contributed by atoms with Crippen LogP contribution in [0.15, 0.2) is 82.7 Å². The predicted octanol–water partition coefficient (Wildman–Crippen LogP) is 3.66. The molecular formula is C25H20F2N4O3S. The quantitative estimate of drug-likeness (QED) is 0.298. The van der Waals surface area contributed by atoms with E-state index in [-0.39, 0.29) is 40.9 Å². The van der Waals surface area contributed by atoms with Crippen LogP contribution in [0.25, 0.3) is 16.6 Å². The van der Waals surface area contributed by atoms with Crippen LogP contribution in [-0.4, -0.2) is 33.7 Å². The van der Waals surface area contributed by atoms with Gasteiger partial charge in [-0.05, 0) is 36.4 Å². The van der Waals surface area contributed by atoms with Crippen molar-refractivity contribution >= 4 is 40.2 Å². The summed E-state index contributed by atoms with van der Waals surface area (Å²) in [5.41, 5.74) is 5.49. The number of halogens is 2. The number of amides is 2. The van der Waals surface area contributed by atoms with Crippen LogP contribution in [0.3, 0.4) is 0 Å². The number of para-hydroxylation sites is 2. The van der Waals surface area contributed by atoms with Gasteiger partial charge in [0.1, 0.15) is 11.6 Å². The Balaban J connectivity index is 1.72. The summed E-state index contributed by atoms with van der Waals surface area (Å²) in [7, 11) is 0. The number of carbonyl (C=O) groups excluding carboxylic acids is 2. The highest BCUT2D eigenvalue weighted by Gasteiger charge is 2.21. The van der Waals surface area contributed by atoms with Crippen molar-refractivity contribution in [3.8, 4) is 5.69 Å². The van der Waals surface area contributed by atoms with Crippen LogP contribution < -0.4 is 16.2 Å². The van der Waals surface area contributed by atoms with E-state index in [0.717, 1.165) is 28.5 Å². The van der Waals surface area contributed by atoms with Crippen LogP contribution in [0.4, 0.5) is 14.5 Å². The van der Waals surface area contributed by atoms with Crippen LogP contribution in [0.2, 0.25) is 0 Å². The van der Waals surface area contributed by atoms with E-state index in [1.165, 1.54) is 4.90 Å². The summed E-state index contributed by atoms with van der Waals surface area (Å²) in [4.78, 5) is 43.6. The molecule has 7 nitrogen and oxygen atoms in total. The highest BCUT2D eigenvalue weighted by Crippen LogP contribution is 2.25. The molecule has 0 bridgehead atoms. The van der Waals surface area contributed by atoms with Crippen LogP contribution in [-0.2, 0) is 9.59 Å². The lowest BCUT2D eigenvalue weighted by atomic mass is 10.2. The number of hydrogen-bond acceptors (Lipinski definition) is 5. The lowest BCUT2D eigenvalue weighted by molar-refractivity contribution is -0.118. The Labute approximate surface area is 203 Å². The van der Waals surface area contributed by atoms with E-state index in [2.05, 4.69) is 4.98 Å². The zero-order valence-electron chi connectivity index (χ0n) is 18.4. The summed E-state index contributed by atoms with van der Waals surface area (Å²) < 4.78 is 29.2. The maximum atomic E-state index is 14.7. The Morgan fingerprint density at radius 2 is 1.71 bits per heavy atom. The predicted molar refractivity (Wildman–Crippen MR) is 131 cm³/mol. The molecule has 3 aromatic carbocycles. The summed E-state index contributed by atoms with van der Waals surface area (Å²) in [6.07, 6.45) is -0.0367. The first kappa shape index (κ1) is 24.1. The molecule has 178 valence electrons. The van der Waals surface area contributed by atoms with Gasteiger partial charge in [0.25, 0.3) is 5.56 Å². The highest BCUT2D eigenvalue weighted by molar-refractivity contribution is 7.99. The molecule has 2 amide bonds. The van der Waals surface area contributed by atoms with Crippen LogP contribution in [0, 0.1) is 11.6 Å². The molecule has 4 aromatic rings. The number of aromatic nitrogens is 2. The molecule has 1 aromatic heterocycles. The number of nitrogens with two attached hydrogens (primary N) is 1. The van der Waals surface area contributed by atoms with Crippen LogP contribution >= 0.6 is 11.8 Å². The van der Waals surface area contributed by atoms with E-state index in [9.17, 15) is 23.2 Å². The van der Waals surface area contributed by atoms with Gasteiger partial charge >= 0.3 is 0 Å². The van der Waals surface area contributed by atoms with Crippen LogP contribution in [0.5, 0.6) is 0 Å². The third-order valence-electron chi connectivity index (χ3n) is 5.17. The largest absolute Gasteiger partial charge is 0.370 e. The minimum absolute atomic E-state index is 0.0367. The number of thioether (sulfide) groups is 1. The molecule has 0 aliphatic heterocycles. The fourth-order valence-electron chi connectivity index (χ4n) is 3.52. The Morgan fingerprint density at radius 1 is 1.00 bits per heavy atom. The van der Waals surface area contributed by atoms with E-state index in [0.29, 0.717) is 17.3 Å². The van der Waals surface area contributed by atoms with Crippen molar-refractivity contribution in [1.82, 2.24) is 9.55 Å². The summed E-state index contributed by atoms with van der Waals surface area (Å²) in [5, 5.41) is 0.315. The first-order valence-electron chi connectivity index (χ1n) is 10.6. The molecule has 10 heteroatoms. The molecule has 0 spiro atoms. The molecule has 0 aliphatic carbocycles. The van der Waals surface area contributed by atoms with Crippen molar-refractivity contribution in [3.63, 3.8) is 0 Å². The fraction of sp³-hybridized carbons (Fsp3) is 0.120. The van der Waals surface area contributed by atoms with E-state index in [1.54, 1.807) is 54.6 Å². The fourth-order valence-corrected chi connectivity index (χ4v) is 4.40. The second-order valence-electron chi connectivity index (χ2n) is 7.53. The molecule has 0 radical (unpaired) electrons. The monoisotopic (exact) mass is 494 g/mol. The molecule has 2 N–H and O–H groups in total. The van der Waals surface area contributed by atoms with Gasteiger partial charge in [0.15, 0.2) is 5.16 Å². The summed E-state index contributed by atoms with van der Waals surface area (Å²) >= 11 is 0.933. The second kappa shape index (κ2) is 10.5. The topological polar surface area (TPSA) is 98.3 Å². The van der Waals surface area contributed by atoms with E-state index in [1.807, 2.05) is 0 Å². The van der Waals surface area contributed by atoms with E-state index >= 15 is 0 Å². The standard InChI is InChI=1S/C25H20F2N4O3S/c26-16-10-11-21(19(27)14-16)31-24(34)18-8-4-5-9-20(18)29-25(31)35-15-23(33)30(13-12-22(28)32)17-6-2-1-3-7-17/h1-11,14H,12-13,15H2,(H2,28,32). The van der Waals surface area contributed by atoms with Crippen molar-refractivity contribution in [2.45, 2.75) is 11.6 Å². The van der Waals surface area contributed by atoms with E-state index < -0.39 is 23.1 Å². The van der Waals surface area contributed by atoms with Crippen LogP contribution in [0.1, 0.15) is 6.42 Å². The average Bonchev–Trinajstić information content (AvgIpc) is 2.84. The van der Waals surface area contributed by atoms with Gasteiger partial charge in [-0.25, -0.2) is 13.8 Å². The molecule has 0 unspecified atom stereocenters. The SMILES string of the molecule is NC(=O)CCN(C(=O)CSc1nc2ccccc2c(=O)n1-c1ccc(F)cc1F)c1ccccc1. The number of nitrogens with zero attached hydrogens (tertiary/aromatic N) is 3. The minimum atomic E-state index is -0.940. The van der Waals surface area contributed by atoms with E-state index in [4.69, 9.17) is 5.73 Å². The molecule has 35 heavy (non-hydrogen) atoms. The molecular weight excluding hydrogens is 474 g/mol. The minimum Gasteiger partial charge on any atom is -0.370 e. The normalized spacial score (nSPS) is 10.9. The van der Waals surface area contributed by atoms with Gasteiger partial charge in [0.2, 0.25) is 11.8 Å². The van der Waals surface area contributed by atoms with Gasteiger partial charge in [-0.2, -0.15) is 0 Å². The lowest BCUT2D eigenvalue weighted by Crippen LogP contribution is -2.35.